The third-order valence-corrected chi connectivity index (χ3v) is 2.31. The molecule has 0 bridgehead atoms. The van der Waals surface area contributed by atoms with Crippen molar-refractivity contribution in [2.75, 3.05) is 6.61 Å². The number of nitrogens with zero attached hydrogens (tertiary/aromatic N) is 1. The minimum Gasteiger partial charge on any atom is -0.493 e. The molecule has 1 aromatic carbocycles. The van der Waals surface area contributed by atoms with Gasteiger partial charge in [0.2, 0.25) is 6.08 Å². The smallest absolute Gasteiger partial charge is 0.235 e. The van der Waals surface area contributed by atoms with Crippen LogP contribution in [0.15, 0.2) is 23.2 Å². The Hall–Kier alpha value is -1.60. The van der Waals surface area contributed by atoms with Gasteiger partial charge in [0.25, 0.3) is 0 Å². The monoisotopic (exact) mass is 189 g/mol. The highest BCUT2D eigenvalue weighted by molar-refractivity contribution is 5.40. The molecule has 0 radical (unpaired) electrons. The first kappa shape index (κ1) is 8.97. The zero-order valence-corrected chi connectivity index (χ0v) is 7.82. The molecule has 3 heteroatoms. The van der Waals surface area contributed by atoms with E-state index < -0.39 is 0 Å². The zero-order valence-electron chi connectivity index (χ0n) is 7.82. The van der Waals surface area contributed by atoms with Gasteiger partial charge in [-0.2, -0.15) is 0 Å². The van der Waals surface area contributed by atoms with Crippen molar-refractivity contribution in [3.63, 3.8) is 0 Å². The van der Waals surface area contributed by atoms with E-state index in [1.807, 2.05) is 18.2 Å². The summed E-state index contributed by atoms with van der Waals surface area (Å²) in [6, 6.07) is 5.98. The summed E-state index contributed by atoms with van der Waals surface area (Å²) < 4.78 is 5.50. The van der Waals surface area contributed by atoms with Crippen LogP contribution in [0.1, 0.15) is 17.5 Å². The predicted octanol–water partition coefficient (Wildman–Crippen LogP) is 1.85. The van der Waals surface area contributed by atoms with E-state index in [-0.39, 0.29) is 0 Å². The van der Waals surface area contributed by atoms with Crippen LogP contribution in [0.5, 0.6) is 5.75 Å². The van der Waals surface area contributed by atoms with E-state index in [4.69, 9.17) is 4.74 Å². The summed E-state index contributed by atoms with van der Waals surface area (Å²) in [6.07, 6.45) is 3.69. The molecule has 0 N–H and O–H groups in total. The average Bonchev–Trinajstić information content (AvgIpc) is 2.26. The fourth-order valence-electron chi connectivity index (χ4n) is 1.61. The van der Waals surface area contributed by atoms with Crippen LogP contribution >= 0.6 is 0 Å². The molecular formula is C11H11NO2. The Bertz CT molecular complexity index is 381. The molecule has 72 valence electrons. The normalized spacial score (nSPS) is 13.7. The predicted molar refractivity (Wildman–Crippen MR) is 52.1 cm³/mol. The van der Waals surface area contributed by atoms with Gasteiger partial charge in [0, 0.05) is 0 Å². The summed E-state index contributed by atoms with van der Waals surface area (Å²) in [5, 5.41) is 0. The van der Waals surface area contributed by atoms with Gasteiger partial charge in [-0.25, -0.2) is 9.79 Å². The van der Waals surface area contributed by atoms with E-state index in [1.165, 1.54) is 11.6 Å². The maximum atomic E-state index is 9.94. The van der Waals surface area contributed by atoms with Crippen LogP contribution < -0.4 is 4.74 Å². The summed E-state index contributed by atoms with van der Waals surface area (Å²) in [5.41, 5.74) is 2.24. The highest BCUT2D eigenvalue weighted by Crippen LogP contribution is 2.25. The van der Waals surface area contributed by atoms with Gasteiger partial charge in [-0.1, -0.05) is 12.1 Å². The van der Waals surface area contributed by atoms with Crippen molar-refractivity contribution >= 4 is 6.08 Å². The van der Waals surface area contributed by atoms with Crippen LogP contribution in [0.3, 0.4) is 0 Å². The van der Waals surface area contributed by atoms with E-state index in [1.54, 1.807) is 0 Å². The Morgan fingerprint density at radius 3 is 3.29 bits per heavy atom. The lowest BCUT2D eigenvalue weighted by atomic mass is 10.0. The molecule has 0 fully saturated rings. The fraction of sp³-hybridized carbons (Fsp3) is 0.364. The van der Waals surface area contributed by atoms with Crippen LogP contribution in [0.4, 0.5) is 0 Å². The number of isocyanates is 1. The second-order valence-electron chi connectivity index (χ2n) is 3.30. The molecule has 0 saturated carbocycles. The number of hydrogen-bond acceptors (Lipinski definition) is 3. The van der Waals surface area contributed by atoms with Crippen molar-refractivity contribution in [1.29, 1.82) is 0 Å². The van der Waals surface area contributed by atoms with Crippen LogP contribution in [-0.4, -0.2) is 12.7 Å². The van der Waals surface area contributed by atoms with Crippen molar-refractivity contribution in [3.8, 4) is 5.75 Å². The number of carbonyl (C=O) groups excluding carboxylic acids is 1. The molecule has 1 aliphatic rings. The molecule has 0 unspecified atom stereocenters. The zero-order chi connectivity index (χ0) is 9.80. The lowest BCUT2D eigenvalue weighted by molar-refractivity contribution is 0.288. The molecular weight excluding hydrogens is 178 g/mol. The Morgan fingerprint density at radius 2 is 2.43 bits per heavy atom. The third-order valence-electron chi connectivity index (χ3n) is 2.31. The fourth-order valence-corrected chi connectivity index (χ4v) is 1.61. The molecule has 2 rings (SSSR count). The Kier molecular flexibility index (Phi) is 2.61. The van der Waals surface area contributed by atoms with Crippen molar-refractivity contribution < 1.29 is 9.53 Å². The first-order chi connectivity index (χ1) is 6.90. The van der Waals surface area contributed by atoms with E-state index in [9.17, 15) is 4.79 Å². The van der Waals surface area contributed by atoms with E-state index in [0.29, 0.717) is 6.54 Å². The van der Waals surface area contributed by atoms with Gasteiger partial charge in [0.15, 0.2) is 0 Å². The molecule has 1 aliphatic heterocycles. The lowest BCUT2D eigenvalue weighted by Gasteiger charge is -2.17. The number of rotatable bonds is 2. The maximum Gasteiger partial charge on any atom is 0.235 e. The maximum absolute atomic E-state index is 9.94. The average molecular weight is 189 g/mol. The van der Waals surface area contributed by atoms with Crippen molar-refractivity contribution in [3.05, 3.63) is 29.3 Å². The number of ether oxygens (including phenoxy) is 1. The molecule has 14 heavy (non-hydrogen) atoms. The summed E-state index contributed by atoms with van der Waals surface area (Å²) in [5.74, 6) is 0.940. The van der Waals surface area contributed by atoms with Gasteiger partial charge in [-0.05, 0) is 30.0 Å². The SMILES string of the molecule is O=C=NCc1ccc2c(c1)OCCC2. The summed E-state index contributed by atoms with van der Waals surface area (Å²) in [7, 11) is 0. The highest BCUT2D eigenvalue weighted by Gasteiger charge is 2.09. The second kappa shape index (κ2) is 4.07. The number of aryl methyl sites for hydroxylation is 1. The molecule has 0 spiro atoms. The molecule has 1 heterocycles. The van der Waals surface area contributed by atoms with Crippen LogP contribution in [0, 0.1) is 0 Å². The topological polar surface area (TPSA) is 38.7 Å². The van der Waals surface area contributed by atoms with E-state index >= 15 is 0 Å². The Morgan fingerprint density at radius 1 is 1.50 bits per heavy atom. The van der Waals surface area contributed by atoms with E-state index in [2.05, 4.69) is 4.99 Å². The molecule has 0 amide bonds. The number of fused-ring (bicyclic) bond motifs is 1. The molecule has 3 nitrogen and oxygen atoms in total. The molecule has 0 aliphatic carbocycles. The van der Waals surface area contributed by atoms with E-state index in [0.717, 1.165) is 30.8 Å². The quantitative estimate of drug-likeness (QED) is 0.526. The molecule has 0 atom stereocenters. The Balaban J connectivity index is 2.24. The summed E-state index contributed by atoms with van der Waals surface area (Å²) in [6.45, 7) is 1.17. The lowest BCUT2D eigenvalue weighted by Crippen LogP contribution is -2.08. The van der Waals surface area contributed by atoms with Gasteiger partial charge in [0.05, 0.1) is 13.2 Å². The van der Waals surface area contributed by atoms with Gasteiger partial charge in [0.1, 0.15) is 5.75 Å². The Labute approximate surface area is 82.4 Å². The standard InChI is InChI=1S/C11H11NO2/c13-8-12-7-9-3-4-10-2-1-5-14-11(10)6-9/h3-4,6H,1-2,5,7H2. The number of benzene rings is 1. The van der Waals surface area contributed by atoms with Crippen LogP contribution in [0.2, 0.25) is 0 Å². The van der Waals surface area contributed by atoms with Gasteiger partial charge in [-0.15, -0.1) is 0 Å². The van der Waals surface area contributed by atoms with Gasteiger partial charge in [-0.3, -0.25) is 0 Å². The molecule has 1 aromatic rings. The van der Waals surface area contributed by atoms with Crippen molar-refractivity contribution in [2.24, 2.45) is 4.99 Å². The van der Waals surface area contributed by atoms with Crippen LogP contribution in [-0.2, 0) is 17.8 Å². The largest absolute Gasteiger partial charge is 0.493 e. The highest BCUT2D eigenvalue weighted by atomic mass is 16.5. The summed E-state index contributed by atoms with van der Waals surface area (Å²) >= 11 is 0. The minimum absolute atomic E-state index is 0.389. The first-order valence-electron chi connectivity index (χ1n) is 4.68. The van der Waals surface area contributed by atoms with Gasteiger partial charge >= 0.3 is 0 Å². The third kappa shape index (κ3) is 1.83. The number of aliphatic imine (C=N–C) groups is 1. The van der Waals surface area contributed by atoms with Crippen molar-refractivity contribution in [1.82, 2.24) is 0 Å². The second-order valence-corrected chi connectivity index (χ2v) is 3.30. The number of hydrogen-bond donors (Lipinski definition) is 0. The summed E-state index contributed by atoms with van der Waals surface area (Å²) in [4.78, 5) is 13.5. The van der Waals surface area contributed by atoms with Crippen LogP contribution in [0.25, 0.3) is 0 Å². The first-order valence-corrected chi connectivity index (χ1v) is 4.68. The molecule has 0 saturated heterocycles. The molecule has 0 aromatic heterocycles. The van der Waals surface area contributed by atoms with Gasteiger partial charge < -0.3 is 4.74 Å². The minimum atomic E-state index is 0.389. The van der Waals surface area contributed by atoms with Crippen molar-refractivity contribution in [2.45, 2.75) is 19.4 Å².